The summed E-state index contributed by atoms with van der Waals surface area (Å²) < 4.78 is 22.2. The highest BCUT2D eigenvalue weighted by molar-refractivity contribution is 7.90. The van der Waals surface area contributed by atoms with Crippen molar-refractivity contribution in [3.8, 4) is 0 Å². The van der Waals surface area contributed by atoms with E-state index in [1.54, 1.807) is 30.1 Å². The zero-order valence-corrected chi connectivity index (χ0v) is 11.5. The van der Waals surface area contributed by atoms with Gasteiger partial charge in [-0.1, -0.05) is 0 Å². The third-order valence-electron chi connectivity index (χ3n) is 2.94. The van der Waals surface area contributed by atoms with E-state index in [9.17, 15) is 18.0 Å². The van der Waals surface area contributed by atoms with Crippen LogP contribution < -0.4 is 10.2 Å². The van der Waals surface area contributed by atoms with E-state index in [4.69, 9.17) is 0 Å². The van der Waals surface area contributed by atoms with Gasteiger partial charge in [-0.25, -0.2) is 8.42 Å². The molecule has 0 bridgehead atoms. The fourth-order valence-corrected chi connectivity index (χ4v) is 2.41. The van der Waals surface area contributed by atoms with Gasteiger partial charge in [0.2, 0.25) is 0 Å². The molecule has 1 aromatic rings. The summed E-state index contributed by atoms with van der Waals surface area (Å²) in [6.07, 6.45) is 1.18. The van der Waals surface area contributed by atoms with E-state index < -0.39 is 21.5 Å². The Hall–Kier alpha value is -1.89. The van der Waals surface area contributed by atoms with E-state index in [2.05, 4.69) is 5.32 Å². The second-order valence-electron chi connectivity index (χ2n) is 4.56. The first-order valence-corrected chi connectivity index (χ1v) is 7.72. The summed E-state index contributed by atoms with van der Waals surface area (Å²) in [4.78, 5) is 24.4. The lowest BCUT2D eigenvalue weighted by Crippen LogP contribution is -2.24. The Kier molecular flexibility index (Phi) is 3.32. The molecule has 1 heterocycles. The van der Waals surface area contributed by atoms with Crippen LogP contribution in [-0.4, -0.2) is 45.7 Å². The molecular weight excluding hydrogens is 268 g/mol. The fourth-order valence-electron chi connectivity index (χ4n) is 1.80. The van der Waals surface area contributed by atoms with Crippen LogP contribution in [0.15, 0.2) is 18.2 Å². The maximum Gasteiger partial charge on any atom is 0.296 e. The topological polar surface area (TPSA) is 83.6 Å². The predicted octanol–water partition coefficient (Wildman–Crippen LogP) is 0.302. The SMILES string of the molecule is CN(CCS(C)(=O)=O)c1ccc2c(c1)NC(=O)C2=O. The second-order valence-corrected chi connectivity index (χ2v) is 6.82. The number of hydrogen-bond donors (Lipinski definition) is 1. The number of anilines is 2. The zero-order valence-electron chi connectivity index (χ0n) is 10.6. The van der Waals surface area contributed by atoms with Gasteiger partial charge >= 0.3 is 0 Å². The number of fused-ring (bicyclic) bond motifs is 1. The molecule has 0 atom stereocenters. The molecule has 6 nitrogen and oxygen atoms in total. The van der Waals surface area contributed by atoms with E-state index in [0.29, 0.717) is 17.8 Å². The second kappa shape index (κ2) is 4.65. The van der Waals surface area contributed by atoms with Crippen molar-refractivity contribution in [3.05, 3.63) is 23.8 Å². The molecule has 1 amide bonds. The molecular formula is C12H14N2O4S. The number of benzene rings is 1. The lowest BCUT2D eigenvalue weighted by molar-refractivity contribution is -0.112. The first-order valence-electron chi connectivity index (χ1n) is 5.66. The number of amides is 1. The molecule has 0 saturated carbocycles. The first kappa shape index (κ1) is 13.5. The Morgan fingerprint density at radius 2 is 1.95 bits per heavy atom. The van der Waals surface area contributed by atoms with Gasteiger partial charge in [0, 0.05) is 25.5 Å². The molecule has 0 saturated heterocycles. The molecule has 0 radical (unpaired) electrons. The number of ketones is 1. The van der Waals surface area contributed by atoms with Gasteiger partial charge in [-0.15, -0.1) is 0 Å². The normalized spacial score (nSPS) is 14.2. The van der Waals surface area contributed by atoms with E-state index in [0.717, 1.165) is 5.69 Å². The number of sulfone groups is 1. The van der Waals surface area contributed by atoms with E-state index in [1.807, 2.05) is 0 Å². The van der Waals surface area contributed by atoms with Crippen LogP contribution in [0.25, 0.3) is 0 Å². The van der Waals surface area contributed by atoms with Crippen LogP contribution in [-0.2, 0) is 14.6 Å². The highest BCUT2D eigenvalue weighted by Crippen LogP contribution is 2.27. The van der Waals surface area contributed by atoms with Gasteiger partial charge in [0.1, 0.15) is 9.84 Å². The van der Waals surface area contributed by atoms with Gasteiger partial charge in [-0.3, -0.25) is 9.59 Å². The molecule has 0 aliphatic carbocycles. The Morgan fingerprint density at radius 1 is 1.26 bits per heavy atom. The number of Topliss-reactive ketones (excluding diaryl/α,β-unsaturated/α-hetero) is 1. The van der Waals surface area contributed by atoms with E-state index in [1.165, 1.54) is 6.26 Å². The largest absolute Gasteiger partial charge is 0.374 e. The van der Waals surface area contributed by atoms with Gasteiger partial charge in [0.15, 0.2) is 0 Å². The summed E-state index contributed by atoms with van der Waals surface area (Å²) in [5.74, 6) is -1.13. The summed E-state index contributed by atoms with van der Waals surface area (Å²) >= 11 is 0. The monoisotopic (exact) mass is 282 g/mol. The van der Waals surface area contributed by atoms with Crippen LogP contribution >= 0.6 is 0 Å². The molecule has 1 N–H and O–H groups in total. The highest BCUT2D eigenvalue weighted by atomic mass is 32.2. The van der Waals surface area contributed by atoms with Crippen molar-refractivity contribution in [1.82, 2.24) is 0 Å². The number of nitrogens with one attached hydrogen (secondary N) is 1. The Morgan fingerprint density at radius 3 is 2.58 bits per heavy atom. The maximum absolute atomic E-state index is 11.4. The van der Waals surface area contributed by atoms with Gasteiger partial charge in [0.05, 0.1) is 17.0 Å². The Bertz CT molecular complexity index is 652. The van der Waals surface area contributed by atoms with E-state index >= 15 is 0 Å². The maximum atomic E-state index is 11.4. The number of nitrogens with zero attached hydrogens (tertiary/aromatic N) is 1. The molecule has 0 fully saturated rings. The van der Waals surface area contributed by atoms with Crippen molar-refractivity contribution in [2.75, 3.05) is 35.8 Å². The minimum Gasteiger partial charge on any atom is -0.374 e. The van der Waals surface area contributed by atoms with Gasteiger partial charge in [-0.05, 0) is 18.2 Å². The smallest absolute Gasteiger partial charge is 0.296 e. The lowest BCUT2D eigenvalue weighted by atomic mass is 10.1. The van der Waals surface area contributed by atoms with Crippen LogP contribution in [0.2, 0.25) is 0 Å². The molecule has 1 aliphatic rings. The molecule has 1 aliphatic heterocycles. The van der Waals surface area contributed by atoms with Crippen LogP contribution in [0.3, 0.4) is 0 Å². The Balaban J connectivity index is 2.17. The van der Waals surface area contributed by atoms with Gasteiger partial charge in [0.25, 0.3) is 11.7 Å². The summed E-state index contributed by atoms with van der Waals surface area (Å²) in [5.41, 5.74) is 1.57. The van der Waals surface area contributed by atoms with Crippen LogP contribution in [0.5, 0.6) is 0 Å². The quantitative estimate of drug-likeness (QED) is 0.803. The van der Waals surface area contributed by atoms with Crippen molar-refractivity contribution in [3.63, 3.8) is 0 Å². The molecule has 0 spiro atoms. The van der Waals surface area contributed by atoms with Crippen molar-refractivity contribution in [2.24, 2.45) is 0 Å². The predicted molar refractivity (Wildman–Crippen MR) is 72.4 cm³/mol. The molecule has 1 aromatic carbocycles. The molecule has 7 heteroatoms. The lowest BCUT2D eigenvalue weighted by Gasteiger charge is -2.19. The average molecular weight is 282 g/mol. The number of carbonyl (C=O) groups excluding carboxylic acids is 2. The third kappa shape index (κ3) is 2.93. The summed E-state index contributed by atoms with van der Waals surface area (Å²) in [5, 5.41) is 2.48. The minimum absolute atomic E-state index is 0.0475. The average Bonchev–Trinajstić information content (AvgIpc) is 2.61. The standard InChI is InChI=1S/C12H14N2O4S/c1-14(5-6-19(2,17)18)8-3-4-9-10(7-8)13-12(16)11(9)15/h3-4,7H,5-6H2,1-2H3,(H,13,15,16). The number of rotatable bonds is 4. The highest BCUT2D eigenvalue weighted by Gasteiger charge is 2.28. The Labute approximate surface area is 111 Å². The van der Waals surface area contributed by atoms with Crippen molar-refractivity contribution in [1.29, 1.82) is 0 Å². The van der Waals surface area contributed by atoms with Crippen molar-refractivity contribution >= 4 is 32.9 Å². The summed E-state index contributed by atoms with van der Waals surface area (Å²) in [7, 11) is -1.27. The van der Waals surface area contributed by atoms with Crippen molar-refractivity contribution < 1.29 is 18.0 Å². The zero-order chi connectivity index (χ0) is 14.2. The summed E-state index contributed by atoms with van der Waals surface area (Å²) in [6.45, 7) is 0.347. The third-order valence-corrected chi connectivity index (χ3v) is 3.86. The van der Waals surface area contributed by atoms with Gasteiger partial charge in [-0.2, -0.15) is 0 Å². The molecule has 0 unspecified atom stereocenters. The van der Waals surface area contributed by atoms with Gasteiger partial charge < -0.3 is 10.2 Å². The van der Waals surface area contributed by atoms with E-state index in [-0.39, 0.29) is 5.75 Å². The minimum atomic E-state index is -3.02. The summed E-state index contributed by atoms with van der Waals surface area (Å²) in [6, 6.07) is 4.93. The number of carbonyl (C=O) groups is 2. The first-order chi connectivity index (χ1) is 8.78. The molecule has 0 aromatic heterocycles. The van der Waals surface area contributed by atoms with Crippen molar-refractivity contribution in [2.45, 2.75) is 0 Å². The van der Waals surface area contributed by atoms with Crippen LogP contribution in [0, 0.1) is 0 Å². The van der Waals surface area contributed by atoms with Crippen LogP contribution in [0.1, 0.15) is 10.4 Å². The van der Waals surface area contributed by atoms with Crippen LogP contribution in [0.4, 0.5) is 11.4 Å². The fraction of sp³-hybridized carbons (Fsp3) is 0.333. The molecule has 102 valence electrons. The number of hydrogen-bond acceptors (Lipinski definition) is 5. The molecule has 19 heavy (non-hydrogen) atoms. The molecule has 2 rings (SSSR count).